The van der Waals surface area contributed by atoms with Crippen LogP contribution in [0.3, 0.4) is 0 Å². The van der Waals surface area contributed by atoms with Gasteiger partial charge in [-0.15, -0.1) is 0 Å². The van der Waals surface area contributed by atoms with E-state index in [1.54, 1.807) is 12.1 Å². The summed E-state index contributed by atoms with van der Waals surface area (Å²) < 4.78 is 0. The third-order valence-electron chi connectivity index (χ3n) is 1.42. The quantitative estimate of drug-likeness (QED) is 0.285. The SMILES string of the molecule is C/C(O)=C/C(=[OH+])c1ccccc1.[Mo]. The molecule has 68 valence electrons. The number of aliphatic hydroxyl groups is 1. The predicted molar refractivity (Wildman–Crippen MR) is 48.9 cm³/mol. The Labute approximate surface area is 91.5 Å². The average molecular weight is 259 g/mol. The largest absolute Gasteiger partial charge is 0.512 e. The summed E-state index contributed by atoms with van der Waals surface area (Å²) >= 11 is 0. The van der Waals surface area contributed by atoms with E-state index in [0.717, 1.165) is 0 Å². The monoisotopic (exact) mass is 261 g/mol. The molecule has 1 aromatic carbocycles. The molecule has 0 saturated carbocycles. The summed E-state index contributed by atoms with van der Waals surface area (Å²) in [5.41, 5.74) is 0.700. The van der Waals surface area contributed by atoms with Crippen LogP contribution in [0, 0.1) is 0 Å². The van der Waals surface area contributed by atoms with Crippen molar-refractivity contribution in [2.75, 3.05) is 0 Å². The van der Waals surface area contributed by atoms with E-state index >= 15 is 0 Å². The van der Waals surface area contributed by atoms with Crippen LogP contribution >= 0.6 is 0 Å². The van der Waals surface area contributed by atoms with Crippen molar-refractivity contribution in [3.8, 4) is 0 Å². The first-order valence-electron chi connectivity index (χ1n) is 3.69. The molecular weight excluding hydrogens is 248 g/mol. The molecule has 0 fully saturated rings. The molecule has 1 rings (SSSR count). The van der Waals surface area contributed by atoms with Crippen LogP contribution in [0.5, 0.6) is 0 Å². The first-order chi connectivity index (χ1) is 5.70. The van der Waals surface area contributed by atoms with E-state index in [1.165, 1.54) is 13.0 Å². The van der Waals surface area contributed by atoms with Crippen molar-refractivity contribution in [2.24, 2.45) is 0 Å². The fourth-order valence-corrected chi connectivity index (χ4v) is 0.890. The summed E-state index contributed by atoms with van der Waals surface area (Å²) in [4.78, 5) is 9.37. The average Bonchev–Trinajstić information content (AvgIpc) is 2.05. The van der Waals surface area contributed by atoms with Crippen LogP contribution in [-0.4, -0.2) is 15.7 Å². The Kier molecular flexibility index (Phi) is 5.32. The van der Waals surface area contributed by atoms with Crippen molar-refractivity contribution in [1.82, 2.24) is 0 Å². The first-order valence-corrected chi connectivity index (χ1v) is 3.69. The molecule has 0 amide bonds. The number of carbonyl (C=O) groups excluding carboxylic acids is 1. The summed E-state index contributed by atoms with van der Waals surface area (Å²) in [6.45, 7) is 1.51. The molecule has 0 aliphatic carbocycles. The minimum absolute atomic E-state index is 0. The van der Waals surface area contributed by atoms with Gasteiger partial charge in [-0.25, -0.2) is 0 Å². The van der Waals surface area contributed by atoms with Gasteiger partial charge in [-0.3, -0.25) is 4.79 Å². The van der Waals surface area contributed by atoms with E-state index in [1.807, 2.05) is 18.2 Å². The summed E-state index contributed by atoms with van der Waals surface area (Å²) in [5.74, 6) is 0.173. The Morgan fingerprint density at radius 1 is 1.31 bits per heavy atom. The zero-order valence-corrected chi connectivity index (χ0v) is 9.27. The summed E-state index contributed by atoms with van der Waals surface area (Å²) in [7, 11) is 0. The molecule has 0 spiro atoms. The molecule has 2 nitrogen and oxygen atoms in total. The maximum absolute atomic E-state index is 9.37. The maximum Gasteiger partial charge on any atom is 0.350 e. The number of ketones is 1. The van der Waals surface area contributed by atoms with Gasteiger partial charge in [0.25, 0.3) is 0 Å². The second-order valence-electron chi connectivity index (χ2n) is 2.54. The zero-order valence-electron chi connectivity index (χ0n) is 7.27. The molecule has 0 aliphatic rings. The fraction of sp³-hybridized carbons (Fsp3) is 0.100. The maximum atomic E-state index is 9.37. The summed E-state index contributed by atoms with van der Waals surface area (Å²) in [5, 5.41) is 8.86. The molecule has 0 heterocycles. The van der Waals surface area contributed by atoms with Crippen molar-refractivity contribution < 1.29 is 31.0 Å². The van der Waals surface area contributed by atoms with Gasteiger partial charge >= 0.3 is 5.78 Å². The van der Waals surface area contributed by atoms with Gasteiger partial charge in [0.1, 0.15) is 0 Å². The molecule has 0 radical (unpaired) electrons. The first kappa shape index (κ1) is 12.1. The Bertz CT molecular complexity index is 300. The van der Waals surface area contributed by atoms with Gasteiger partial charge in [0.15, 0.2) is 0 Å². The van der Waals surface area contributed by atoms with Crippen molar-refractivity contribution >= 4 is 5.78 Å². The zero-order chi connectivity index (χ0) is 8.97. The minimum Gasteiger partial charge on any atom is -0.512 e. The van der Waals surface area contributed by atoms with Gasteiger partial charge in [-0.1, -0.05) is 18.2 Å². The Balaban J connectivity index is 0.00000144. The molecule has 2 N–H and O–H groups in total. The number of hydrogen-bond acceptors (Lipinski definition) is 1. The van der Waals surface area contributed by atoms with Crippen LogP contribution in [0.1, 0.15) is 12.5 Å². The van der Waals surface area contributed by atoms with E-state index in [-0.39, 0.29) is 32.6 Å². The summed E-state index contributed by atoms with van der Waals surface area (Å²) in [6, 6.07) is 9.06. The Morgan fingerprint density at radius 3 is 2.31 bits per heavy atom. The van der Waals surface area contributed by atoms with E-state index < -0.39 is 0 Å². The van der Waals surface area contributed by atoms with Gasteiger partial charge in [0.2, 0.25) is 0 Å². The molecular formula is C10H11MoO2+. The molecule has 1 aromatic rings. The van der Waals surface area contributed by atoms with E-state index in [0.29, 0.717) is 5.56 Å². The summed E-state index contributed by atoms with van der Waals surface area (Å²) in [6.07, 6.45) is 1.31. The molecule has 0 saturated heterocycles. The van der Waals surface area contributed by atoms with Crippen LogP contribution in [-0.2, 0) is 21.1 Å². The van der Waals surface area contributed by atoms with E-state index in [2.05, 4.69) is 0 Å². The van der Waals surface area contributed by atoms with Crippen molar-refractivity contribution in [3.05, 3.63) is 47.7 Å². The second kappa shape index (κ2) is 5.71. The molecule has 0 unspecified atom stereocenters. The topological polar surface area (TPSA) is 41.6 Å². The van der Waals surface area contributed by atoms with E-state index in [4.69, 9.17) is 5.11 Å². The molecule has 0 aromatic heterocycles. The molecule has 0 aliphatic heterocycles. The number of hydrogen-bond donors (Lipinski definition) is 1. The number of rotatable bonds is 2. The van der Waals surface area contributed by atoms with Gasteiger partial charge in [0.05, 0.1) is 17.4 Å². The van der Waals surface area contributed by atoms with Gasteiger partial charge in [-0.2, -0.15) is 0 Å². The molecule has 3 heteroatoms. The molecule has 0 atom stereocenters. The molecule has 0 bridgehead atoms. The smallest absolute Gasteiger partial charge is 0.350 e. The normalized spacial score (nSPS) is 10.4. The number of aliphatic hydroxyl groups excluding tert-OH is 1. The van der Waals surface area contributed by atoms with Gasteiger partial charge in [0, 0.05) is 21.1 Å². The van der Waals surface area contributed by atoms with Crippen LogP contribution in [0.4, 0.5) is 0 Å². The second-order valence-corrected chi connectivity index (χ2v) is 2.54. The number of allylic oxidation sites excluding steroid dienone is 2. The molecule has 13 heavy (non-hydrogen) atoms. The van der Waals surface area contributed by atoms with Gasteiger partial charge in [-0.05, 0) is 19.1 Å². The predicted octanol–water partition coefficient (Wildman–Crippen LogP) is 2.04. The van der Waals surface area contributed by atoms with E-state index in [9.17, 15) is 4.79 Å². The van der Waals surface area contributed by atoms with Crippen LogP contribution < -0.4 is 0 Å². The Hall–Kier alpha value is -0.882. The minimum atomic E-state index is 0. The van der Waals surface area contributed by atoms with Crippen molar-refractivity contribution in [2.45, 2.75) is 6.92 Å². The van der Waals surface area contributed by atoms with Gasteiger partial charge < -0.3 is 5.11 Å². The van der Waals surface area contributed by atoms with Crippen LogP contribution in [0.2, 0.25) is 0 Å². The Morgan fingerprint density at radius 2 is 1.85 bits per heavy atom. The van der Waals surface area contributed by atoms with Crippen LogP contribution in [0.25, 0.3) is 0 Å². The van der Waals surface area contributed by atoms with Crippen molar-refractivity contribution in [1.29, 1.82) is 0 Å². The third-order valence-corrected chi connectivity index (χ3v) is 1.42. The van der Waals surface area contributed by atoms with Crippen molar-refractivity contribution in [3.63, 3.8) is 0 Å². The number of benzene rings is 1. The standard InChI is InChI=1S/C10H10O2.Mo/c1-8(11)7-10(12)9-5-3-2-4-6-9;/h2-7,11H,1H3;/p+1/b8-7-;. The fourth-order valence-electron chi connectivity index (χ4n) is 0.890. The third kappa shape index (κ3) is 4.04. The van der Waals surface area contributed by atoms with Crippen LogP contribution in [0.15, 0.2) is 42.2 Å².